The van der Waals surface area contributed by atoms with Gasteiger partial charge in [0.05, 0.1) is 17.0 Å². The molecule has 0 atom stereocenters. The monoisotopic (exact) mass is 558 g/mol. The zero-order valence-corrected chi connectivity index (χ0v) is 20.1. The minimum Gasteiger partial charge on any atom is -0.345 e. The third-order valence-corrected chi connectivity index (χ3v) is 7.61. The Hall–Kier alpha value is -2.98. The van der Waals surface area contributed by atoms with Crippen LogP contribution in [-0.4, -0.2) is 30.6 Å². The van der Waals surface area contributed by atoms with E-state index in [1.165, 1.54) is 3.97 Å². The van der Waals surface area contributed by atoms with Crippen LogP contribution in [0.3, 0.4) is 0 Å². The van der Waals surface area contributed by atoms with Gasteiger partial charge in [-0.25, -0.2) is 12.4 Å². The Labute approximate surface area is 199 Å². The largest absolute Gasteiger partial charge is 0.345 e. The van der Waals surface area contributed by atoms with Gasteiger partial charge in [0.1, 0.15) is 0 Å². The van der Waals surface area contributed by atoms with E-state index in [1.807, 2.05) is 13.0 Å². The van der Waals surface area contributed by atoms with Crippen LogP contribution in [0.25, 0.3) is 10.9 Å². The van der Waals surface area contributed by atoms with Crippen LogP contribution in [-0.2, 0) is 10.0 Å². The van der Waals surface area contributed by atoms with Crippen molar-refractivity contribution in [2.45, 2.75) is 11.8 Å². The average Bonchev–Trinajstić information content (AvgIpc) is 3.15. The fraction of sp³-hybridized carbons (Fsp3) is 0.0833. The molecular weight excluding hydrogens is 539 g/mol. The molecule has 0 aliphatic carbocycles. The van der Waals surface area contributed by atoms with Crippen LogP contribution in [0.2, 0.25) is 0 Å². The van der Waals surface area contributed by atoms with Gasteiger partial charge in [0.15, 0.2) is 5.78 Å². The molecular formula is C24H19IN2O4S. The van der Waals surface area contributed by atoms with E-state index in [4.69, 9.17) is 0 Å². The van der Waals surface area contributed by atoms with E-state index in [0.717, 1.165) is 5.56 Å². The van der Waals surface area contributed by atoms with Crippen molar-refractivity contribution in [2.75, 3.05) is 6.54 Å². The first-order valence-electron chi connectivity index (χ1n) is 9.76. The fourth-order valence-corrected chi connectivity index (χ4v) is 5.58. The molecule has 1 aromatic heterocycles. The average molecular weight is 558 g/mol. The number of hydrogen-bond acceptors (Lipinski definition) is 4. The van der Waals surface area contributed by atoms with Crippen molar-refractivity contribution < 1.29 is 18.0 Å². The lowest BCUT2D eigenvalue weighted by atomic mass is 10.1. The minimum absolute atomic E-state index is 0.155. The Balaban J connectivity index is 1.60. The van der Waals surface area contributed by atoms with Crippen molar-refractivity contribution in [1.29, 1.82) is 0 Å². The molecule has 0 aliphatic rings. The lowest BCUT2D eigenvalue weighted by Gasteiger charge is -2.09. The van der Waals surface area contributed by atoms with E-state index in [9.17, 15) is 18.0 Å². The van der Waals surface area contributed by atoms with Gasteiger partial charge in [-0.1, -0.05) is 35.9 Å². The summed E-state index contributed by atoms with van der Waals surface area (Å²) < 4.78 is 28.2. The normalized spacial score (nSPS) is 11.4. The molecule has 0 saturated carbocycles. The predicted octanol–water partition coefficient (Wildman–Crippen LogP) is 4.40. The Kier molecular flexibility index (Phi) is 6.16. The van der Waals surface area contributed by atoms with Crippen LogP contribution in [0.4, 0.5) is 0 Å². The molecule has 0 fully saturated rings. The number of ketones is 1. The lowest BCUT2D eigenvalue weighted by molar-refractivity contribution is 0.0904. The fourth-order valence-electron chi connectivity index (χ4n) is 3.31. The molecule has 1 heterocycles. The minimum atomic E-state index is -3.78. The molecule has 0 saturated heterocycles. The summed E-state index contributed by atoms with van der Waals surface area (Å²) in [4.78, 5) is 25.0. The maximum atomic E-state index is 13.1. The maximum absolute atomic E-state index is 13.1. The van der Waals surface area contributed by atoms with Crippen LogP contribution in [0.1, 0.15) is 26.3 Å². The van der Waals surface area contributed by atoms with E-state index in [-0.39, 0.29) is 23.1 Å². The molecule has 1 amide bonds. The summed E-state index contributed by atoms with van der Waals surface area (Å²) in [6.07, 6.45) is 1.55. The quantitative estimate of drug-likeness (QED) is 0.281. The van der Waals surface area contributed by atoms with Gasteiger partial charge in [0.2, 0.25) is 0 Å². The highest BCUT2D eigenvalue weighted by Gasteiger charge is 2.21. The summed E-state index contributed by atoms with van der Waals surface area (Å²) in [6.45, 7) is 1.74. The second-order valence-electron chi connectivity index (χ2n) is 7.29. The number of Topliss-reactive ketones (excluding diaryl/α,β-unsaturated/α-hetero) is 1. The van der Waals surface area contributed by atoms with Gasteiger partial charge >= 0.3 is 0 Å². The molecule has 32 heavy (non-hydrogen) atoms. The Morgan fingerprint density at radius 2 is 1.62 bits per heavy atom. The number of aromatic nitrogens is 1. The number of carbonyl (C=O) groups excluding carboxylic acids is 2. The number of fused-ring (bicyclic) bond motifs is 1. The van der Waals surface area contributed by atoms with Gasteiger partial charge in [0.25, 0.3) is 15.9 Å². The van der Waals surface area contributed by atoms with Crippen LogP contribution in [0, 0.1) is 10.5 Å². The van der Waals surface area contributed by atoms with Gasteiger partial charge in [-0.3, -0.25) is 9.59 Å². The number of hydrogen-bond donors (Lipinski definition) is 1. The van der Waals surface area contributed by atoms with Crippen LogP contribution in [0.5, 0.6) is 0 Å². The molecule has 8 heteroatoms. The maximum Gasteiger partial charge on any atom is 0.268 e. The van der Waals surface area contributed by atoms with E-state index >= 15 is 0 Å². The summed E-state index contributed by atoms with van der Waals surface area (Å²) in [5.74, 6) is -0.592. The summed E-state index contributed by atoms with van der Waals surface area (Å²) in [5, 5.41) is 3.28. The van der Waals surface area contributed by atoms with Crippen molar-refractivity contribution >= 4 is 55.2 Å². The SMILES string of the molecule is Cc1ccc(S(=O)(=O)n2cc(I)c3cc(C(=O)CNC(=O)c4ccccc4)ccc32)cc1. The molecule has 162 valence electrons. The third-order valence-electron chi connectivity index (χ3n) is 5.07. The van der Waals surface area contributed by atoms with E-state index in [2.05, 4.69) is 27.9 Å². The van der Waals surface area contributed by atoms with Gasteiger partial charge in [-0.05, 0) is 72.0 Å². The number of nitrogens with zero attached hydrogens (tertiary/aromatic N) is 1. The topological polar surface area (TPSA) is 85.2 Å². The summed E-state index contributed by atoms with van der Waals surface area (Å²) in [7, 11) is -3.78. The second kappa shape index (κ2) is 8.87. The van der Waals surface area contributed by atoms with Crippen molar-refractivity contribution in [3.05, 3.63) is 99.3 Å². The standard InChI is InChI=1S/C24H19IN2O4S/c1-16-7-10-19(11-8-16)32(30,31)27-15-21(25)20-13-18(9-12-22(20)27)23(28)14-26-24(29)17-5-3-2-4-6-17/h2-13,15H,14H2,1H3,(H,26,29). The van der Waals surface area contributed by atoms with Crippen LogP contribution < -0.4 is 5.32 Å². The highest BCUT2D eigenvalue weighted by atomic mass is 127. The molecule has 0 bridgehead atoms. The van der Waals surface area contributed by atoms with Crippen molar-refractivity contribution in [2.24, 2.45) is 0 Å². The van der Waals surface area contributed by atoms with Gasteiger partial charge in [-0.15, -0.1) is 0 Å². The van der Waals surface area contributed by atoms with Gasteiger partial charge in [-0.2, -0.15) is 0 Å². The zero-order valence-electron chi connectivity index (χ0n) is 17.1. The highest BCUT2D eigenvalue weighted by Crippen LogP contribution is 2.28. The summed E-state index contributed by atoms with van der Waals surface area (Å²) in [5.41, 5.74) is 2.33. The summed E-state index contributed by atoms with van der Waals surface area (Å²) in [6, 6.07) is 20.2. The molecule has 0 spiro atoms. The number of amides is 1. The van der Waals surface area contributed by atoms with E-state index in [0.29, 0.717) is 25.6 Å². The van der Waals surface area contributed by atoms with Crippen molar-refractivity contribution in [3.63, 3.8) is 0 Å². The number of carbonyl (C=O) groups is 2. The molecule has 3 aromatic carbocycles. The van der Waals surface area contributed by atoms with Crippen LogP contribution in [0.15, 0.2) is 83.9 Å². The Bertz CT molecular complexity index is 1430. The predicted molar refractivity (Wildman–Crippen MR) is 132 cm³/mol. The van der Waals surface area contributed by atoms with Crippen LogP contribution >= 0.6 is 22.6 Å². The number of nitrogens with one attached hydrogen (secondary N) is 1. The van der Waals surface area contributed by atoms with Crippen molar-refractivity contribution in [3.8, 4) is 0 Å². The second-order valence-corrected chi connectivity index (χ2v) is 10.3. The Morgan fingerprint density at radius 3 is 2.31 bits per heavy atom. The number of benzene rings is 3. The molecule has 0 radical (unpaired) electrons. The zero-order chi connectivity index (χ0) is 22.9. The highest BCUT2D eigenvalue weighted by molar-refractivity contribution is 14.1. The molecule has 4 rings (SSSR count). The molecule has 0 unspecified atom stereocenters. The number of rotatable bonds is 6. The molecule has 0 aliphatic heterocycles. The lowest BCUT2D eigenvalue weighted by Crippen LogP contribution is -2.29. The first kappa shape index (κ1) is 22.2. The molecule has 1 N–H and O–H groups in total. The first-order chi connectivity index (χ1) is 15.3. The van der Waals surface area contributed by atoms with Crippen molar-refractivity contribution in [1.82, 2.24) is 9.29 Å². The smallest absolute Gasteiger partial charge is 0.268 e. The molecule has 4 aromatic rings. The van der Waals surface area contributed by atoms with E-state index < -0.39 is 10.0 Å². The van der Waals surface area contributed by atoms with E-state index in [1.54, 1.807) is 72.9 Å². The third kappa shape index (κ3) is 4.33. The number of halogens is 1. The summed E-state index contributed by atoms with van der Waals surface area (Å²) >= 11 is 2.06. The van der Waals surface area contributed by atoms with Gasteiger partial charge < -0.3 is 5.32 Å². The number of aryl methyl sites for hydroxylation is 1. The van der Waals surface area contributed by atoms with Gasteiger partial charge in [0, 0.05) is 26.3 Å². The first-order valence-corrected chi connectivity index (χ1v) is 12.3. The molecule has 6 nitrogen and oxygen atoms in total. The Morgan fingerprint density at radius 1 is 0.938 bits per heavy atom.